The molecule has 1 heterocycles. The van der Waals surface area contributed by atoms with E-state index in [9.17, 15) is 15.0 Å². The molecule has 0 spiro atoms. The van der Waals surface area contributed by atoms with Crippen molar-refractivity contribution in [1.29, 1.82) is 0 Å². The Balaban J connectivity index is 2.42. The van der Waals surface area contributed by atoms with Gasteiger partial charge in [-0.15, -0.1) is 0 Å². The first-order chi connectivity index (χ1) is 8.06. The number of rotatable bonds is 4. The van der Waals surface area contributed by atoms with E-state index in [1.165, 1.54) is 24.3 Å². The molecule has 0 aromatic rings. The van der Waals surface area contributed by atoms with Gasteiger partial charge >= 0.3 is 5.97 Å². The number of aliphatic hydroxyl groups excluding tert-OH is 2. The number of aliphatic hydroxyl groups is 2. The van der Waals surface area contributed by atoms with Gasteiger partial charge in [0.25, 0.3) is 0 Å². The fourth-order valence-electron chi connectivity index (χ4n) is 1.39. The van der Waals surface area contributed by atoms with Crippen molar-refractivity contribution in [2.45, 2.75) is 31.3 Å². The summed E-state index contributed by atoms with van der Waals surface area (Å²) in [7, 11) is 0. The molecule has 5 heteroatoms. The molecular weight excluding hydrogens is 224 g/mol. The molecule has 0 aromatic heterocycles. The summed E-state index contributed by atoms with van der Waals surface area (Å²) in [5.74, 6) is -0.443. The Labute approximate surface area is 100 Å². The van der Waals surface area contributed by atoms with Gasteiger partial charge in [-0.2, -0.15) is 0 Å². The van der Waals surface area contributed by atoms with Crippen LogP contribution in [-0.2, 0) is 14.3 Å². The predicted octanol–water partition coefficient (Wildman–Crippen LogP) is -0.138. The van der Waals surface area contributed by atoms with Gasteiger partial charge in [0.15, 0.2) is 0 Å². The normalized spacial score (nSPS) is 33.6. The maximum absolute atomic E-state index is 10.9. The zero-order valence-electron chi connectivity index (χ0n) is 9.52. The number of hydrogen-bond acceptors (Lipinski definition) is 5. The second-order valence-electron chi connectivity index (χ2n) is 3.54. The molecule has 0 bridgehead atoms. The zero-order chi connectivity index (χ0) is 12.8. The smallest absolute Gasteiger partial charge is 0.330 e. The summed E-state index contributed by atoms with van der Waals surface area (Å²) in [6, 6.07) is 0. The Bertz CT molecular complexity index is 310. The maximum Gasteiger partial charge on any atom is 0.330 e. The summed E-state index contributed by atoms with van der Waals surface area (Å²) < 4.78 is 9.75. The van der Waals surface area contributed by atoms with Crippen LogP contribution in [0.2, 0.25) is 0 Å². The lowest BCUT2D eigenvalue weighted by Crippen LogP contribution is -2.30. The Hall–Kier alpha value is -1.17. The molecule has 1 unspecified atom stereocenters. The minimum atomic E-state index is -1.10. The molecule has 4 atom stereocenters. The predicted molar refractivity (Wildman–Crippen MR) is 59.9 cm³/mol. The highest BCUT2D eigenvalue weighted by Gasteiger charge is 2.38. The lowest BCUT2D eigenvalue weighted by molar-refractivity contribution is -0.137. The number of esters is 1. The van der Waals surface area contributed by atoms with Crippen LogP contribution < -0.4 is 0 Å². The van der Waals surface area contributed by atoms with Gasteiger partial charge in [0.05, 0.1) is 12.7 Å². The van der Waals surface area contributed by atoms with Gasteiger partial charge in [-0.25, -0.2) is 4.79 Å². The van der Waals surface area contributed by atoms with Crippen molar-refractivity contribution in [1.82, 2.24) is 0 Å². The summed E-state index contributed by atoms with van der Waals surface area (Å²) >= 11 is 0. The van der Waals surface area contributed by atoms with Crippen LogP contribution >= 0.6 is 0 Å². The average molecular weight is 240 g/mol. The van der Waals surface area contributed by atoms with Crippen LogP contribution in [0.5, 0.6) is 0 Å². The van der Waals surface area contributed by atoms with Gasteiger partial charge in [0.2, 0.25) is 0 Å². The third kappa shape index (κ3) is 3.96. The van der Waals surface area contributed by atoms with Crippen molar-refractivity contribution in [3.63, 3.8) is 0 Å². The molecule has 1 aliphatic heterocycles. The van der Waals surface area contributed by atoms with Gasteiger partial charge in [0, 0.05) is 6.08 Å². The summed E-state index contributed by atoms with van der Waals surface area (Å²) in [6.07, 6.45) is 2.02. The minimum absolute atomic E-state index is 0.318. The molecule has 5 nitrogen and oxygen atoms in total. The molecule has 0 aromatic carbocycles. The molecule has 17 heavy (non-hydrogen) atoms. The van der Waals surface area contributed by atoms with Crippen LogP contribution in [0.25, 0.3) is 0 Å². The molecule has 0 saturated carbocycles. The summed E-state index contributed by atoms with van der Waals surface area (Å²) in [6.45, 7) is 7.43. The van der Waals surface area contributed by atoms with E-state index < -0.39 is 30.4 Å². The first kappa shape index (κ1) is 13.9. The monoisotopic (exact) mass is 240 g/mol. The molecule has 94 valence electrons. The highest BCUT2D eigenvalue weighted by Crippen LogP contribution is 2.21. The van der Waals surface area contributed by atoms with E-state index in [1.807, 2.05) is 0 Å². The quantitative estimate of drug-likeness (QED) is 0.406. The molecule has 1 fully saturated rings. The van der Waals surface area contributed by atoms with Gasteiger partial charge in [0.1, 0.15) is 18.3 Å². The standard InChI is InChI=1S/C12H16O5/c1-3-16-10(13)7-5-4-6-9-12(15)11(14)8(2)17-9/h2,4-9,11-12,14-15H,3H2,1H3/b6-4+,7-5+/t8-,9+,11?,12-/m0/s1. The Morgan fingerprint density at radius 1 is 1.41 bits per heavy atom. The zero-order valence-corrected chi connectivity index (χ0v) is 9.52. The van der Waals surface area contributed by atoms with Crippen molar-refractivity contribution in [3.05, 3.63) is 31.2 Å². The fourth-order valence-corrected chi connectivity index (χ4v) is 1.39. The molecule has 1 rings (SSSR count). The highest BCUT2D eigenvalue weighted by atomic mass is 16.5. The van der Waals surface area contributed by atoms with E-state index in [1.54, 1.807) is 6.92 Å². The van der Waals surface area contributed by atoms with Crippen molar-refractivity contribution >= 4 is 5.97 Å². The molecular formula is C12H16O5. The van der Waals surface area contributed by atoms with Gasteiger partial charge < -0.3 is 19.7 Å². The van der Waals surface area contributed by atoms with E-state index >= 15 is 0 Å². The van der Waals surface area contributed by atoms with Crippen LogP contribution in [-0.4, -0.2) is 47.2 Å². The fraction of sp³-hybridized carbons (Fsp3) is 0.500. The van der Waals surface area contributed by atoms with Crippen LogP contribution in [0.15, 0.2) is 24.3 Å². The van der Waals surface area contributed by atoms with Crippen molar-refractivity contribution in [2.75, 3.05) is 6.61 Å². The van der Waals surface area contributed by atoms with E-state index in [2.05, 4.69) is 4.74 Å². The van der Waals surface area contributed by atoms with Gasteiger partial charge in [-0.05, 0) is 13.8 Å². The first-order valence-corrected chi connectivity index (χ1v) is 5.35. The highest BCUT2D eigenvalue weighted by molar-refractivity contribution is 5.82. The Morgan fingerprint density at radius 3 is 2.65 bits per heavy atom. The molecule has 1 aliphatic rings. The second kappa shape index (κ2) is 6.54. The Morgan fingerprint density at radius 2 is 2.12 bits per heavy atom. The summed E-state index contributed by atoms with van der Waals surface area (Å²) in [5.41, 5.74) is 0. The maximum atomic E-state index is 10.9. The minimum Gasteiger partial charge on any atom is -0.463 e. The molecule has 0 amide bonds. The third-order valence-electron chi connectivity index (χ3n) is 2.27. The largest absolute Gasteiger partial charge is 0.463 e. The van der Waals surface area contributed by atoms with Crippen LogP contribution in [0.4, 0.5) is 0 Å². The third-order valence-corrected chi connectivity index (χ3v) is 2.27. The summed E-state index contributed by atoms with van der Waals surface area (Å²) in [5, 5.41) is 18.8. The van der Waals surface area contributed by atoms with E-state index in [-0.39, 0.29) is 0 Å². The number of carbonyl (C=O) groups is 1. The second-order valence-corrected chi connectivity index (χ2v) is 3.54. The number of hydrogen-bond donors (Lipinski definition) is 2. The first-order valence-electron chi connectivity index (χ1n) is 5.35. The number of allylic oxidation sites excluding steroid dienone is 2. The van der Waals surface area contributed by atoms with Gasteiger partial charge in [-0.3, -0.25) is 0 Å². The SMILES string of the molecule is [CH][C@@H]1O[C@H](/C=C/C=C/C(=O)OCC)[C@H](O)C1O. The topological polar surface area (TPSA) is 76.0 Å². The van der Waals surface area contributed by atoms with E-state index in [0.29, 0.717) is 6.61 Å². The summed E-state index contributed by atoms with van der Waals surface area (Å²) in [4.78, 5) is 10.9. The Kier molecular flexibility index (Phi) is 5.34. The van der Waals surface area contributed by atoms with Gasteiger partial charge in [-0.1, -0.05) is 18.2 Å². The van der Waals surface area contributed by atoms with Crippen molar-refractivity contribution in [2.24, 2.45) is 0 Å². The van der Waals surface area contributed by atoms with Crippen LogP contribution in [0.1, 0.15) is 6.92 Å². The number of ether oxygens (including phenoxy) is 2. The lowest BCUT2D eigenvalue weighted by Gasteiger charge is -2.09. The molecule has 1 saturated heterocycles. The molecule has 2 N–H and O–H groups in total. The van der Waals surface area contributed by atoms with Crippen molar-refractivity contribution < 1.29 is 24.5 Å². The van der Waals surface area contributed by atoms with Crippen LogP contribution in [0.3, 0.4) is 0 Å². The van der Waals surface area contributed by atoms with E-state index in [0.717, 1.165) is 0 Å². The van der Waals surface area contributed by atoms with E-state index in [4.69, 9.17) is 11.7 Å². The number of carbonyl (C=O) groups excluding carboxylic acids is 1. The average Bonchev–Trinajstić information content (AvgIpc) is 2.53. The molecule has 0 aliphatic carbocycles. The van der Waals surface area contributed by atoms with Crippen LogP contribution in [0, 0.1) is 6.92 Å². The van der Waals surface area contributed by atoms with Crippen molar-refractivity contribution in [3.8, 4) is 0 Å². The molecule has 2 radical (unpaired) electrons. The lowest BCUT2D eigenvalue weighted by atomic mass is 10.1.